The van der Waals surface area contributed by atoms with Crippen molar-refractivity contribution in [3.63, 3.8) is 0 Å². The number of methoxy groups -OCH3 is 2. The third-order valence-corrected chi connectivity index (χ3v) is 2.71. The number of anilines is 2. The van der Waals surface area contributed by atoms with Crippen molar-refractivity contribution in [2.24, 2.45) is 0 Å². The Kier molecular flexibility index (Phi) is 5.45. The topological polar surface area (TPSA) is 73.6 Å². The van der Waals surface area contributed by atoms with Crippen LogP contribution in [0, 0.1) is 0 Å². The van der Waals surface area contributed by atoms with Crippen LogP contribution >= 0.6 is 0 Å². The SMILES string of the molecule is COc1ccc(NC(=O)CCC(C)OC)c(N)c1. The van der Waals surface area contributed by atoms with Gasteiger partial charge >= 0.3 is 0 Å². The molecule has 100 valence electrons. The molecule has 1 aromatic rings. The van der Waals surface area contributed by atoms with E-state index in [1.54, 1.807) is 32.4 Å². The van der Waals surface area contributed by atoms with Crippen LogP contribution in [0.15, 0.2) is 18.2 Å². The van der Waals surface area contributed by atoms with Crippen molar-refractivity contribution in [2.75, 3.05) is 25.3 Å². The summed E-state index contributed by atoms with van der Waals surface area (Å²) in [6, 6.07) is 5.16. The highest BCUT2D eigenvalue weighted by atomic mass is 16.5. The van der Waals surface area contributed by atoms with Gasteiger partial charge in [0, 0.05) is 19.6 Å². The summed E-state index contributed by atoms with van der Waals surface area (Å²) in [6.45, 7) is 1.93. The number of nitrogens with one attached hydrogen (secondary N) is 1. The Bertz CT molecular complexity index is 407. The molecule has 0 saturated heterocycles. The number of hydrogen-bond acceptors (Lipinski definition) is 4. The van der Waals surface area contributed by atoms with Crippen molar-refractivity contribution < 1.29 is 14.3 Å². The predicted octanol–water partition coefficient (Wildman–Crippen LogP) is 2.03. The maximum absolute atomic E-state index is 11.7. The van der Waals surface area contributed by atoms with Crippen LogP contribution in [0.1, 0.15) is 19.8 Å². The van der Waals surface area contributed by atoms with Gasteiger partial charge in [-0.05, 0) is 25.5 Å². The average molecular weight is 252 g/mol. The molecule has 18 heavy (non-hydrogen) atoms. The summed E-state index contributed by atoms with van der Waals surface area (Å²) < 4.78 is 10.1. The van der Waals surface area contributed by atoms with E-state index in [-0.39, 0.29) is 12.0 Å². The zero-order chi connectivity index (χ0) is 13.5. The quantitative estimate of drug-likeness (QED) is 0.760. The van der Waals surface area contributed by atoms with Crippen LogP contribution in [0.25, 0.3) is 0 Å². The smallest absolute Gasteiger partial charge is 0.224 e. The van der Waals surface area contributed by atoms with Crippen molar-refractivity contribution in [2.45, 2.75) is 25.9 Å². The summed E-state index contributed by atoms with van der Waals surface area (Å²) in [5, 5.41) is 2.77. The number of carbonyl (C=O) groups excluding carboxylic acids is 1. The van der Waals surface area contributed by atoms with Crippen molar-refractivity contribution >= 4 is 17.3 Å². The van der Waals surface area contributed by atoms with Crippen LogP contribution < -0.4 is 15.8 Å². The van der Waals surface area contributed by atoms with E-state index in [0.29, 0.717) is 30.0 Å². The fourth-order valence-electron chi connectivity index (χ4n) is 1.45. The molecule has 5 heteroatoms. The first-order valence-electron chi connectivity index (χ1n) is 5.83. The third-order valence-electron chi connectivity index (χ3n) is 2.71. The molecule has 1 rings (SSSR count). The lowest BCUT2D eigenvalue weighted by Gasteiger charge is -2.11. The Hall–Kier alpha value is -1.75. The molecule has 0 saturated carbocycles. The lowest BCUT2D eigenvalue weighted by Crippen LogP contribution is -2.15. The molecule has 1 atom stereocenters. The summed E-state index contributed by atoms with van der Waals surface area (Å²) in [5.41, 5.74) is 6.90. The first-order chi connectivity index (χ1) is 8.56. The van der Waals surface area contributed by atoms with Gasteiger partial charge in [0.15, 0.2) is 0 Å². The highest BCUT2D eigenvalue weighted by molar-refractivity contribution is 5.93. The molecule has 1 aromatic carbocycles. The standard InChI is InChI=1S/C13H20N2O3/c1-9(17-2)4-7-13(16)15-12-6-5-10(18-3)8-11(12)14/h5-6,8-9H,4,7,14H2,1-3H3,(H,15,16). The van der Waals surface area contributed by atoms with Crippen LogP contribution in [-0.2, 0) is 9.53 Å². The van der Waals surface area contributed by atoms with Gasteiger partial charge in [0.1, 0.15) is 5.75 Å². The minimum Gasteiger partial charge on any atom is -0.497 e. The normalized spacial score (nSPS) is 11.9. The fraction of sp³-hybridized carbons (Fsp3) is 0.462. The predicted molar refractivity (Wildman–Crippen MR) is 71.7 cm³/mol. The molecule has 0 heterocycles. The van der Waals surface area contributed by atoms with Crippen LogP contribution in [-0.4, -0.2) is 26.2 Å². The Morgan fingerprint density at radius 2 is 2.17 bits per heavy atom. The number of nitrogens with two attached hydrogens (primary N) is 1. The first-order valence-corrected chi connectivity index (χ1v) is 5.83. The molecule has 0 radical (unpaired) electrons. The lowest BCUT2D eigenvalue weighted by atomic mass is 10.2. The van der Waals surface area contributed by atoms with Gasteiger partial charge in [-0.1, -0.05) is 0 Å². The Morgan fingerprint density at radius 1 is 1.44 bits per heavy atom. The largest absolute Gasteiger partial charge is 0.497 e. The van der Waals surface area contributed by atoms with Crippen LogP contribution in [0.3, 0.4) is 0 Å². The maximum atomic E-state index is 11.7. The average Bonchev–Trinajstić information content (AvgIpc) is 2.38. The van der Waals surface area contributed by atoms with Gasteiger partial charge in [-0.25, -0.2) is 0 Å². The lowest BCUT2D eigenvalue weighted by molar-refractivity contribution is -0.116. The molecule has 1 unspecified atom stereocenters. The number of hydrogen-bond donors (Lipinski definition) is 2. The Balaban J connectivity index is 2.54. The summed E-state index contributed by atoms with van der Waals surface area (Å²) in [4.78, 5) is 11.7. The molecule has 0 aliphatic carbocycles. The number of ether oxygens (including phenoxy) is 2. The molecule has 0 bridgehead atoms. The van der Waals surface area contributed by atoms with E-state index in [4.69, 9.17) is 15.2 Å². The second-order valence-electron chi connectivity index (χ2n) is 4.09. The van der Waals surface area contributed by atoms with Crippen molar-refractivity contribution in [1.82, 2.24) is 0 Å². The molecular weight excluding hydrogens is 232 g/mol. The van der Waals surface area contributed by atoms with E-state index in [1.807, 2.05) is 6.92 Å². The van der Waals surface area contributed by atoms with Gasteiger partial charge in [0.05, 0.1) is 24.6 Å². The van der Waals surface area contributed by atoms with E-state index in [2.05, 4.69) is 5.32 Å². The fourth-order valence-corrected chi connectivity index (χ4v) is 1.45. The molecule has 0 aliphatic heterocycles. The van der Waals surface area contributed by atoms with Crippen LogP contribution in [0.4, 0.5) is 11.4 Å². The van der Waals surface area contributed by atoms with E-state index < -0.39 is 0 Å². The van der Waals surface area contributed by atoms with E-state index in [1.165, 1.54) is 0 Å². The van der Waals surface area contributed by atoms with E-state index in [9.17, 15) is 4.79 Å². The highest BCUT2D eigenvalue weighted by Gasteiger charge is 2.08. The van der Waals surface area contributed by atoms with Gasteiger partial charge in [0.25, 0.3) is 0 Å². The molecular formula is C13H20N2O3. The van der Waals surface area contributed by atoms with Crippen LogP contribution in [0.5, 0.6) is 5.75 Å². The minimum atomic E-state index is -0.0734. The number of benzene rings is 1. The summed E-state index contributed by atoms with van der Waals surface area (Å²) in [5.74, 6) is 0.592. The van der Waals surface area contributed by atoms with Crippen molar-refractivity contribution in [3.05, 3.63) is 18.2 Å². The second kappa shape index (κ2) is 6.86. The Labute approximate surface area is 107 Å². The molecule has 0 fully saturated rings. The third kappa shape index (κ3) is 4.25. The van der Waals surface area contributed by atoms with Gasteiger partial charge in [-0.15, -0.1) is 0 Å². The van der Waals surface area contributed by atoms with E-state index >= 15 is 0 Å². The van der Waals surface area contributed by atoms with Crippen molar-refractivity contribution in [1.29, 1.82) is 0 Å². The summed E-state index contributed by atoms with van der Waals surface area (Å²) in [6.07, 6.45) is 1.16. The van der Waals surface area contributed by atoms with Gasteiger partial charge in [-0.2, -0.15) is 0 Å². The molecule has 3 N–H and O–H groups in total. The van der Waals surface area contributed by atoms with Gasteiger partial charge < -0.3 is 20.5 Å². The minimum absolute atomic E-state index is 0.0731. The zero-order valence-electron chi connectivity index (χ0n) is 11.0. The molecule has 0 aromatic heterocycles. The molecule has 0 spiro atoms. The molecule has 0 aliphatic rings. The van der Waals surface area contributed by atoms with Gasteiger partial charge in [0.2, 0.25) is 5.91 Å². The summed E-state index contributed by atoms with van der Waals surface area (Å²) >= 11 is 0. The first kappa shape index (κ1) is 14.3. The number of rotatable bonds is 6. The number of carbonyl (C=O) groups is 1. The maximum Gasteiger partial charge on any atom is 0.224 e. The Morgan fingerprint density at radius 3 is 2.72 bits per heavy atom. The number of amides is 1. The van der Waals surface area contributed by atoms with Crippen molar-refractivity contribution in [3.8, 4) is 5.75 Å². The zero-order valence-corrected chi connectivity index (χ0v) is 11.0. The summed E-state index contributed by atoms with van der Waals surface area (Å²) in [7, 11) is 3.20. The number of nitrogen functional groups attached to an aromatic ring is 1. The van der Waals surface area contributed by atoms with Gasteiger partial charge in [-0.3, -0.25) is 4.79 Å². The highest BCUT2D eigenvalue weighted by Crippen LogP contribution is 2.24. The van der Waals surface area contributed by atoms with E-state index in [0.717, 1.165) is 0 Å². The van der Waals surface area contributed by atoms with Crippen LogP contribution in [0.2, 0.25) is 0 Å². The monoisotopic (exact) mass is 252 g/mol. The second-order valence-corrected chi connectivity index (χ2v) is 4.09. The molecule has 5 nitrogen and oxygen atoms in total. The molecule has 1 amide bonds.